The number of benzene rings is 3. The number of phenols is 1. The number of thiazole rings is 1. The first-order valence-electron chi connectivity index (χ1n) is 13.6. The molecule has 1 saturated heterocycles. The zero-order chi connectivity index (χ0) is 29.1. The molecular weight excluding hydrogens is 553 g/mol. The number of fused-ring (bicyclic) bond motifs is 1. The Morgan fingerprint density at radius 2 is 1.83 bits per heavy atom. The van der Waals surface area contributed by atoms with Crippen LogP contribution in [0.2, 0.25) is 0 Å². The molecule has 1 fully saturated rings. The number of amides is 2. The van der Waals surface area contributed by atoms with E-state index in [-0.39, 0.29) is 17.9 Å². The minimum atomic E-state index is -1.28. The van der Waals surface area contributed by atoms with Crippen molar-refractivity contribution >= 4 is 28.3 Å². The normalized spacial score (nSPS) is 15.5. The van der Waals surface area contributed by atoms with E-state index in [2.05, 4.69) is 44.5 Å². The molecule has 4 aromatic rings. The summed E-state index contributed by atoms with van der Waals surface area (Å²) in [5, 5.41) is 18.6. The lowest BCUT2D eigenvalue weighted by Gasteiger charge is -2.27. The van der Waals surface area contributed by atoms with Crippen molar-refractivity contribution in [2.75, 3.05) is 31.5 Å². The Hall–Kier alpha value is -4.56. The number of aromatic nitrogens is 1. The Morgan fingerprint density at radius 3 is 2.60 bits per heavy atom. The molecule has 0 aliphatic carbocycles. The maximum Gasteiger partial charge on any atom is 0.255 e. The third-order valence-electron chi connectivity index (χ3n) is 7.37. The molecule has 3 heterocycles. The Balaban J connectivity index is 1.22. The fourth-order valence-electron chi connectivity index (χ4n) is 5.23. The van der Waals surface area contributed by atoms with Crippen LogP contribution in [0.25, 0.3) is 0 Å². The van der Waals surface area contributed by atoms with Crippen molar-refractivity contribution < 1.29 is 19.1 Å². The molecule has 42 heavy (non-hydrogen) atoms. The van der Waals surface area contributed by atoms with Gasteiger partial charge in [-0.15, -0.1) is 11.3 Å². The monoisotopic (exact) mass is 581 g/mol. The van der Waals surface area contributed by atoms with Gasteiger partial charge in [0, 0.05) is 73.1 Å². The molecule has 0 bridgehead atoms. The number of halogens is 1. The summed E-state index contributed by atoms with van der Waals surface area (Å²) in [6.07, 6.45) is 1.54. The van der Waals surface area contributed by atoms with Crippen molar-refractivity contribution in [3.05, 3.63) is 111 Å². The van der Waals surface area contributed by atoms with Gasteiger partial charge in [0.15, 0.2) is 5.13 Å². The molecule has 2 amide bonds. The molecular formula is C32H28FN5O3S. The van der Waals surface area contributed by atoms with Gasteiger partial charge in [0.05, 0.1) is 0 Å². The third-order valence-corrected chi connectivity index (χ3v) is 8.06. The Morgan fingerprint density at radius 1 is 1.07 bits per heavy atom. The van der Waals surface area contributed by atoms with E-state index in [0.717, 1.165) is 50.4 Å². The van der Waals surface area contributed by atoms with Gasteiger partial charge in [-0.05, 0) is 53.6 Å². The zero-order valence-corrected chi connectivity index (χ0v) is 23.5. The van der Waals surface area contributed by atoms with E-state index in [0.29, 0.717) is 21.8 Å². The van der Waals surface area contributed by atoms with Crippen molar-refractivity contribution in [2.45, 2.75) is 19.1 Å². The Kier molecular flexibility index (Phi) is 7.97. The molecule has 1 unspecified atom stereocenters. The summed E-state index contributed by atoms with van der Waals surface area (Å²) in [6.45, 7) is 5.13. The van der Waals surface area contributed by atoms with Crippen molar-refractivity contribution in [2.24, 2.45) is 0 Å². The second-order valence-electron chi connectivity index (χ2n) is 10.2. The van der Waals surface area contributed by atoms with Crippen LogP contribution in [0.1, 0.15) is 44.2 Å². The number of hydrogen-bond donors (Lipinski definition) is 3. The minimum Gasteiger partial charge on any atom is -0.508 e. The first kappa shape index (κ1) is 27.6. The van der Waals surface area contributed by atoms with Crippen molar-refractivity contribution in [1.82, 2.24) is 20.1 Å². The molecule has 1 aromatic heterocycles. The number of nitrogens with zero attached hydrogens (tertiary/aromatic N) is 3. The Bertz CT molecular complexity index is 1670. The highest BCUT2D eigenvalue weighted by atomic mass is 32.1. The maximum absolute atomic E-state index is 14.2. The first-order chi connectivity index (χ1) is 20.4. The van der Waals surface area contributed by atoms with E-state index >= 15 is 0 Å². The van der Waals surface area contributed by atoms with Gasteiger partial charge >= 0.3 is 0 Å². The molecule has 1 atom stereocenters. The lowest BCUT2D eigenvalue weighted by molar-refractivity contribution is -0.120. The topological polar surface area (TPSA) is 97.8 Å². The van der Waals surface area contributed by atoms with Crippen LogP contribution in [-0.4, -0.2) is 57.9 Å². The van der Waals surface area contributed by atoms with E-state index in [9.17, 15) is 19.1 Å². The third kappa shape index (κ3) is 6.04. The zero-order valence-electron chi connectivity index (χ0n) is 22.6. The van der Waals surface area contributed by atoms with Gasteiger partial charge in [-0.2, -0.15) is 0 Å². The molecule has 0 radical (unpaired) electrons. The van der Waals surface area contributed by atoms with Gasteiger partial charge in [0.1, 0.15) is 17.6 Å². The average Bonchev–Trinajstić information content (AvgIpc) is 3.63. The van der Waals surface area contributed by atoms with Crippen LogP contribution in [0.3, 0.4) is 0 Å². The van der Waals surface area contributed by atoms with Crippen LogP contribution in [0.4, 0.5) is 9.52 Å². The number of rotatable bonds is 6. The number of hydrogen-bond acceptors (Lipinski definition) is 7. The predicted molar refractivity (Wildman–Crippen MR) is 158 cm³/mol. The number of anilines is 1. The predicted octanol–water partition coefficient (Wildman–Crippen LogP) is 4.13. The van der Waals surface area contributed by atoms with Gasteiger partial charge in [0.25, 0.3) is 11.8 Å². The largest absolute Gasteiger partial charge is 0.508 e. The van der Waals surface area contributed by atoms with Gasteiger partial charge < -0.3 is 15.3 Å². The summed E-state index contributed by atoms with van der Waals surface area (Å²) in [5.41, 5.74) is 3.88. The van der Waals surface area contributed by atoms with Crippen LogP contribution in [-0.2, 0) is 17.9 Å². The summed E-state index contributed by atoms with van der Waals surface area (Å²) in [7, 11) is 0. The lowest BCUT2D eigenvalue weighted by atomic mass is 10.0. The van der Waals surface area contributed by atoms with Crippen molar-refractivity contribution in [3.8, 4) is 17.6 Å². The van der Waals surface area contributed by atoms with Crippen LogP contribution < -0.4 is 10.6 Å². The summed E-state index contributed by atoms with van der Waals surface area (Å²) in [5.74, 6) is 4.38. The highest BCUT2D eigenvalue weighted by molar-refractivity contribution is 7.13. The number of aromatic hydroxyl groups is 1. The van der Waals surface area contributed by atoms with Gasteiger partial charge in [-0.1, -0.05) is 30.0 Å². The SMILES string of the molecule is O=C(Nc1nccs1)C(c1cc(F)ccc1O)N1Cc2ccc(C#Cc3ccc(CN4CCNCC4)cc3)cc2C1=O. The molecule has 3 N–H and O–H groups in total. The molecule has 0 spiro atoms. The minimum absolute atomic E-state index is 0.00868. The fraction of sp³-hybridized carbons (Fsp3) is 0.219. The van der Waals surface area contributed by atoms with Crippen LogP contribution in [0.15, 0.2) is 72.2 Å². The van der Waals surface area contributed by atoms with Gasteiger partial charge in [-0.3, -0.25) is 19.8 Å². The highest BCUT2D eigenvalue weighted by Crippen LogP contribution is 2.36. The number of carbonyl (C=O) groups is 2. The number of piperazine rings is 1. The average molecular weight is 582 g/mol. The van der Waals surface area contributed by atoms with Gasteiger partial charge in [-0.25, -0.2) is 9.37 Å². The summed E-state index contributed by atoms with van der Waals surface area (Å²) in [4.78, 5) is 34.9. The Labute approximate surface area is 246 Å². The molecule has 2 aliphatic rings. The van der Waals surface area contributed by atoms with Crippen molar-refractivity contribution in [1.29, 1.82) is 0 Å². The number of nitrogens with one attached hydrogen (secondary N) is 2. The summed E-state index contributed by atoms with van der Waals surface area (Å²) >= 11 is 1.21. The van der Waals surface area contributed by atoms with Crippen LogP contribution in [0.5, 0.6) is 5.75 Å². The summed E-state index contributed by atoms with van der Waals surface area (Å²) in [6, 6.07) is 15.6. The van der Waals surface area contributed by atoms with E-state index < -0.39 is 23.7 Å². The molecule has 212 valence electrons. The van der Waals surface area contributed by atoms with Crippen LogP contribution in [0, 0.1) is 17.7 Å². The second-order valence-corrected chi connectivity index (χ2v) is 11.1. The quantitative estimate of drug-likeness (QED) is 0.297. The van der Waals surface area contributed by atoms with E-state index in [4.69, 9.17) is 0 Å². The summed E-state index contributed by atoms with van der Waals surface area (Å²) < 4.78 is 14.2. The number of phenolic OH excluding ortho intramolecular Hbond substituents is 1. The second kappa shape index (κ2) is 12.1. The highest BCUT2D eigenvalue weighted by Gasteiger charge is 2.39. The first-order valence-corrected chi connectivity index (χ1v) is 14.5. The number of carbonyl (C=O) groups excluding carboxylic acids is 2. The smallest absolute Gasteiger partial charge is 0.255 e. The molecule has 10 heteroatoms. The molecule has 2 aliphatic heterocycles. The van der Waals surface area contributed by atoms with Crippen molar-refractivity contribution in [3.63, 3.8) is 0 Å². The van der Waals surface area contributed by atoms with Gasteiger partial charge in [0.2, 0.25) is 0 Å². The molecule has 3 aromatic carbocycles. The molecule has 8 nitrogen and oxygen atoms in total. The lowest BCUT2D eigenvalue weighted by Crippen LogP contribution is -2.42. The molecule has 0 saturated carbocycles. The standard InChI is InChI=1S/C32H28FN5O3S/c33-25-9-10-28(39)27(18-25)29(30(40)36-32-35-13-16-42-32)38-20-24-8-7-22(17-26(24)31(38)41)4-1-21-2-5-23(6-3-21)19-37-14-11-34-12-15-37/h2-3,5-10,13,16-18,29,34,39H,11-12,14-15,19-20H2,(H,35,36,40). The van der Waals surface area contributed by atoms with E-state index in [1.165, 1.54) is 34.1 Å². The molecule has 6 rings (SSSR count). The van der Waals surface area contributed by atoms with Crippen LogP contribution >= 0.6 is 11.3 Å². The van der Waals surface area contributed by atoms with E-state index in [1.54, 1.807) is 11.4 Å². The maximum atomic E-state index is 14.2. The fourth-order valence-corrected chi connectivity index (χ4v) is 5.76. The van der Waals surface area contributed by atoms with E-state index in [1.807, 2.05) is 24.3 Å².